The molecule has 6 heteroatoms. The first-order valence-electron chi connectivity index (χ1n) is 9.49. The van der Waals surface area contributed by atoms with Crippen molar-refractivity contribution in [2.45, 2.75) is 69.2 Å². The van der Waals surface area contributed by atoms with Gasteiger partial charge in [0.25, 0.3) is 0 Å². The predicted octanol–water partition coefficient (Wildman–Crippen LogP) is 2.96. The van der Waals surface area contributed by atoms with Gasteiger partial charge in [-0.2, -0.15) is 0 Å². The molecule has 0 aromatic heterocycles. The monoisotopic (exact) mass is 344 g/mol. The van der Waals surface area contributed by atoms with Crippen LogP contribution in [0.1, 0.15) is 57.8 Å². The van der Waals surface area contributed by atoms with Crippen molar-refractivity contribution in [2.24, 2.45) is 5.92 Å². The van der Waals surface area contributed by atoms with E-state index in [1.54, 1.807) is 0 Å². The third-order valence-electron chi connectivity index (χ3n) is 6.05. The first-order chi connectivity index (χ1) is 11.5. The fourth-order valence-corrected chi connectivity index (χ4v) is 4.52. The van der Waals surface area contributed by atoms with Crippen LogP contribution in [0.25, 0.3) is 0 Å². The highest BCUT2D eigenvalue weighted by Crippen LogP contribution is 2.37. The number of nitrogens with zero attached hydrogens (tertiary/aromatic N) is 1. The Balaban J connectivity index is 1.59. The van der Waals surface area contributed by atoms with Crippen molar-refractivity contribution in [1.29, 1.82) is 0 Å². The minimum absolute atomic E-state index is 0.0501. The molecule has 1 N–H and O–H groups in total. The van der Waals surface area contributed by atoms with Gasteiger partial charge in [0.15, 0.2) is 0 Å². The Bertz CT molecular complexity index is 433. The van der Waals surface area contributed by atoms with Gasteiger partial charge in [0, 0.05) is 44.1 Å². The van der Waals surface area contributed by atoms with Gasteiger partial charge in [0.1, 0.15) is 0 Å². The number of halogens is 2. The van der Waals surface area contributed by atoms with E-state index in [2.05, 4.69) is 10.2 Å². The number of ether oxygens (including phenoxy) is 1. The maximum absolute atomic E-state index is 13.6. The number of nitrogens with one attached hydrogen (secondary N) is 1. The highest BCUT2D eigenvalue weighted by Gasteiger charge is 2.42. The number of carbonyl (C=O) groups excluding carboxylic acids is 1. The molecule has 1 atom stereocenters. The molecule has 0 unspecified atom stereocenters. The van der Waals surface area contributed by atoms with Crippen LogP contribution in [0.2, 0.25) is 0 Å². The van der Waals surface area contributed by atoms with Crippen LogP contribution in [0.3, 0.4) is 0 Å². The standard InChI is InChI=1S/C18H30F2N2O2/c19-18(20)6-4-5-15(13-18)16(23)21-14-17(7-11-24-12-8-17)22-9-2-1-3-10-22/h15H,1-14H2,(H,21,23)/t15-/m0/s1. The summed E-state index contributed by atoms with van der Waals surface area (Å²) in [6.07, 6.45) is 6.15. The lowest BCUT2D eigenvalue weighted by Crippen LogP contribution is -2.60. The number of piperidine rings is 1. The average molecular weight is 344 g/mol. The van der Waals surface area contributed by atoms with E-state index < -0.39 is 11.8 Å². The SMILES string of the molecule is O=C(NCC1(N2CCCCC2)CCOCC1)[C@H]1CCCC(F)(F)C1. The molecule has 0 aromatic carbocycles. The Morgan fingerprint density at radius 2 is 1.79 bits per heavy atom. The quantitative estimate of drug-likeness (QED) is 0.852. The fourth-order valence-electron chi connectivity index (χ4n) is 4.52. The lowest BCUT2D eigenvalue weighted by molar-refractivity contribution is -0.133. The minimum Gasteiger partial charge on any atom is -0.381 e. The zero-order valence-corrected chi connectivity index (χ0v) is 14.5. The molecular weight excluding hydrogens is 314 g/mol. The molecule has 2 aliphatic heterocycles. The lowest BCUT2D eigenvalue weighted by Gasteiger charge is -2.48. The highest BCUT2D eigenvalue weighted by atomic mass is 19.3. The zero-order valence-electron chi connectivity index (χ0n) is 14.5. The molecule has 3 aliphatic rings. The molecule has 1 aliphatic carbocycles. The smallest absolute Gasteiger partial charge is 0.248 e. The maximum Gasteiger partial charge on any atom is 0.248 e. The van der Waals surface area contributed by atoms with Crippen molar-refractivity contribution in [3.05, 3.63) is 0 Å². The molecule has 4 nitrogen and oxygen atoms in total. The van der Waals surface area contributed by atoms with Crippen molar-refractivity contribution >= 4 is 5.91 Å². The van der Waals surface area contributed by atoms with Gasteiger partial charge in [-0.3, -0.25) is 9.69 Å². The Hall–Kier alpha value is -0.750. The maximum atomic E-state index is 13.6. The molecule has 3 fully saturated rings. The van der Waals surface area contributed by atoms with E-state index in [0.717, 1.165) is 25.9 Å². The summed E-state index contributed by atoms with van der Waals surface area (Å²) < 4.78 is 32.7. The van der Waals surface area contributed by atoms with E-state index in [4.69, 9.17) is 4.74 Å². The Kier molecular flexibility index (Phi) is 5.75. The van der Waals surface area contributed by atoms with E-state index in [1.165, 1.54) is 19.3 Å². The normalized spacial score (nSPS) is 30.7. The second-order valence-electron chi connectivity index (χ2n) is 7.75. The van der Waals surface area contributed by atoms with E-state index in [0.29, 0.717) is 32.6 Å². The molecule has 0 aromatic rings. The first kappa shape index (κ1) is 18.1. The van der Waals surface area contributed by atoms with E-state index in [1.807, 2.05) is 0 Å². The minimum atomic E-state index is -2.68. The fraction of sp³-hybridized carbons (Fsp3) is 0.944. The molecule has 1 amide bonds. The third-order valence-corrected chi connectivity index (χ3v) is 6.05. The zero-order chi connectivity index (χ0) is 17.0. The van der Waals surface area contributed by atoms with E-state index in [-0.39, 0.29) is 24.3 Å². The molecule has 0 spiro atoms. The second-order valence-corrected chi connectivity index (χ2v) is 7.75. The first-order valence-corrected chi connectivity index (χ1v) is 9.49. The van der Waals surface area contributed by atoms with Gasteiger partial charge in [-0.15, -0.1) is 0 Å². The number of amides is 1. The summed E-state index contributed by atoms with van der Waals surface area (Å²) >= 11 is 0. The summed E-state index contributed by atoms with van der Waals surface area (Å²) in [6.45, 7) is 4.13. The average Bonchev–Trinajstić information content (AvgIpc) is 2.60. The summed E-state index contributed by atoms with van der Waals surface area (Å²) in [5.41, 5.74) is -0.0501. The number of likely N-dealkylation sites (tertiary alicyclic amines) is 1. The molecule has 0 radical (unpaired) electrons. The van der Waals surface area contributed by atoms with Gasteiger partial charge < -0.3 is 10.1 Å². The topological polar surface area (TPSA) is 41.6 Å². The molecule has 3 rings (SSSR count). The number of hydrogen-bond acceptors (Lipinski definition) is 3. The number of hydrogen-bond donors (Lipinski definition) is 1. The van der Waals surface area contributed by atoms with Crippen LogP contribution in [0.4, 0.5) is 8.78 Å². The summed E-state index contributed by atoms with van der Waals surface area (Å²) in [5, 5.41) is 3.03. The molecule has 24 heavy (non-hydrogen) atoms. The van der Waals surface area contributed by atoms with Crippen LogP contribution in [0.5, 0.6) is 0 Å². The summed E-state index contributed by atoms with van der Waals surface area (Å²) in [6, 6.07) is 0. The largest absolute Gasteiger partial charge is 0.381 e. The van der Waals surface area contributed by atoms with Gasteiger partial charge in [-0.25, -0.2) is 8.78 Å². The number of rotatable bonds is 4. The van der Waals surface area contributed by atoms with E-state index in [9.17, 15) is 13.6 Å². The van der Waals surface area contributed by atoms with Gasteiger partial charge in [-0.1, -0.05) is 6.42 Å². The van der Waals surface area contributed by atoms with E-state index >= 15 is 0 Å². The van der Waals surface area contributed by atoms with Gasteiger partial charge in [0.05, 0.1) is 0 Å². The van der Waals surface area contributed by atoms with Crippen LogP contribution in [0.15, 0.2) is 0 Å². The van der Waals surface area contributed by atoms with Gasteiger partial charge in [-0.05, 0) is 51.6 Å². The van der Waals surface area contributed by atoms with Crippen molar-refractivity contribution in [1.82, 2.24) is 10.2 Å². The predicted molar refractivity (Wildman–Crippen MR) is 88.1 cm³/mol. The summed E-state index contributed by atoms with van der Waals surface area (Å²) in [4.78, 5) is 15.0. The van der Waals surface area contributed by atoms with Crippen LogP contribution < -0.4 is 5.32 Å². The van der Waals surface area contributed by atoms with Crippen molar-refractivity contribution in [3.8, 4) is 0 Å². The molecule has 2 heterocycles. The Morgan fingerprint density at radius 3 is 2.46 bits per heavy atom. The van der Waals surface area contributed by atoms with Crippen molar-refractivity contribution < 1.29 is 18.3 Å². The molecular formula is C18H30F2N2O2. The second kappa shape index (κ2) is 7.65. The number of carbonyl (C=O) groups is 1. The molecule has 1 saturated carbocycles. The van der Waals surface area contributed by atoms with Crippen molar-refractivity contribution in [2.75, 3.05) is 32.8 Å². The van der Waals surface area contributed by atoms with Crippen LogP contribution in [0, 0.1) is 5.92 Å². The third kappa shape index (κ3) is 4.26. The summed E-state index contributed by atoms with van der Waals surface area (Å²) in [5.74, 6) is -3.40. The molecule has 2 saturated heterocycles. The van der Waals surface area contributed by atoms with Crippen LogP contribution in [-0.2, 0) is 9.53 Å². The van der Waals surface area contributed by atoms with Gasteiger partial charge >= 0.3 is 0 Å². The number of alkyl halides is 2. The van der Waals surface area contributed by atoms with Crippen LogP contribution >= 0.6 is 0 Å². The van der Waals surface area contributed by atoms with Gasteiger partial charge in [0.2, 0.25) is 11.8 Å². The Morgan fingerprint density at radius 1 is 1.08 bits per heavy atom. The Labute approximate surface area is 143 Å². The molecule has 0 bridgehead atoms. The molecule has 138 valence electrons. The van der Waals surface area contributed by atoms with Crippen LogP contribution in [-0.4, -0.2) is 55.1 Å². The summed E-state index contributed by atoms with van der Waals surface area (Å²) in [7, 11) is 0. The highest BCUT2D eigenvalue weighted by molar-refractivity contribution is 5.78. The lowest BCUT2D eigenvalue weighted by atomic mass is 9.84. The van der Waals surface area contributed by atoms with Crippen molar-refractivity contribution in [3.63, 3.8) is 0 Å².